The van der Waals surface area contributed by atoms with Gasteiger partial charge in [-0.15, -0.1) is 0 Å². The molecule has 0 bridgehead atoms. The minimum atomic E-state index is -0.991. The third-order valence-corrected chi connectivity index (χ3v) is 5.65. The van der Waals surface area contributed by atoms with Gasteiger partial charge in [0.15, 0.2) is 23.1 Å². The Hall–Kier alpha value is -3.06. The molecule has 1 N–H and O–H groups in total. The zero-order valence-electron chi connectivity index (χ0n) is 16.6. The molecule has 1 fully saturated rings. The van der Waals surface area contributed by atoms with E-state index in [1.54, 1.807) is 0 Å². The van der Waals surface area contributed by atoms with E-state index in [1.807, 2.05) is 6.92 Å². The van der Waals surface area contributed by atoms with Crippen molar-refractivity contribution < 1.29 is 22.8 Å². The monoisotopic (exact) mass is 412 g/mol. The number of nitrogens with one attached hydrogen (secondary N) is 1. The first-order chi connectivity index (χ1) is 14.5. The number of rotatable bonds is 5. The van der Waals surface area contributed by atoms with E-state index >= 15 is 0 Å². The Balaban J connectivity index is 1.49. The van der Waals surface area contributed by atoms with Gasteiger partial charge in [0.1, 0.15) is 0 Å². The van der Waals surface area contributed by atoms with Crippen LogP contribution < -0.4 is 5.32 Å². The Morgan fingerprint density at radius 3 is 2.50 bits per heavy atom. The van der Waals surface area contributed by atoms with Gasteiger partial charge in [0.25, 0.3) is 5.91 Å². The highest BCUT2D eigenvalue weighted by Crippen LogP contribution is 2.34. The van der Waals surface area contributed by atoms with Gasteiger partial charge >= 0.3 is 0 Å². The van der Waals surface area contributed by atoms with Crippen LogP contribution in [0.4, 0.5) is 8.78 Å². The van der Waals surface area contributed by atoms with Crippen LogP contribution >= 0.6 is 0 Å². The Labute approximate surface area is 173 Å². The molecule has 1 aliphatic rings. The number of benzene rings is 2. The van der Waals surface area contributed by atoms with Crippen molar-refractivity contribution in [3.8, 4) is 11.3 Å². The molecule has 0 atom stereocenters. The number of carbonyl (C=O) groups is 1. The van der Waals surface area contributed by atoms with E-state index in [-0.39, 0.29) is 22.8 Å². The summed E-state index contributed by atoms with van der Waals surface area (Å²) in [6, 6.07) is 13.1. The first-order valence-corrected chi connectivity index (χ1v) is 9.82. The van der Waals surface area contributed by atoms with Crippen LogP contribution in [0.1, 0.15) is 34.5 Å². The molecule has 30 heavy (non-hydrogen) atoms. The van der Waals surface area contributed by atoms with Crippen LogP contribution in [0.5, 0.6) is 0 Å². The topological polar surface area (TPSA) is 64.4 Å². The van der Waals surface area contributed by atoms with Crippen molar-refractivity contribution in [2.24, 2.45) is 0 Å². The molecule has 5 nitrogen and oxygen atoms in total. The maximum absolute atomic E-state index is 13.5. The first kappa shape index (κ1) is 20.2. The molecule has 156 valence electrons. The Morgan fingerprint density at radius 2 is 1.80 bits per heavy atom. The predicted molar refractivity (Wildman–Crippen MR) is 107 cm³/mol. The number of aromatic nitrogens is 1. The average molecular weight is 412 g/mol. The van der Waals surface area contributed by atoms with E-state index in [4.69, 9.17) is 9.26 Å². The van der Waals surface area contributed by atoms with E-state index in [2.05, 4.69) is 34.7 Å². The maximum Gasteiger partial charge on any atom is 0.273 e. The molecule has 4 rings (SSSR count). The van der Waals surface area contributed by atoms with Gasteiger partial charge in [0.05, 0.1) is 0 Å². The van der Waals surface area contributed by atoms with Crippen molar-refractivity contribution in [1.29, 1.82) is 0 Å². The van der Waals surface area contributed by atoms with Crippen molar-refractivity contribution >= 4 is 5.91 Å². The van der Waals surface area contributed by atoms with E-state index < -0.39 is 11.6 Å². The van der Waals surface area contributed by atoms with Crippen LogP contribution in [0.2, 0.25) is 0 Å². The third-order valence-electron chi connectivity index (χ3n) is 5.65. The van der Waals surface area contributed by atoms with Crippen LogP contribution in [0.15, 0.2) is 53.1 Å². The van der Waals surface area contributed by atoms with Gasteiger partial charge in [-0.05, 0) is 43.5 Å². The van der Waals surface area contributed by atoms with E-state index in [0.717, 1.165) is 25.0 Å². The normalized spacial score (nSPS) is 15.7. The Morgan fingerprint density at radius 1 is 1.07 bits per heavy atom. The zero-order valence-corrected chi connectivity index (χ0v) is 16.6. The van der Waals surface area contributed by atoms with Gasteiger partial charge in [-0.1, -0.05) is 35.0 Å². The molecule has 1 amide bonds. The molecule has 0 radical (unpaired) electrons. The fourth-order valence-electron chi connectivity index (χ4n) is 3.74. The van der Waals surface area contributed by atoms with Crippen LogP contribution in [-0.4, -0.2) is 30.8 Å². The highest BCUT2D eigenvalue weighted by Gasteiger charge is 2.35. The number of carbonyl (C=O) groups excluding carboxylic acids is 1. The van der Waals surface area contributed by atoms with Gasteiger partial charge in [0, 0.05) is 36.8 Å². The Bertz CT molecular complexity index is 1040. The Kier molecular flexibility index (Phi) is 5.63. The molecule has 0 saturated carbocycles. The van der Waals surface area contributed by atoms with E-state index in [0.29, 0.717) is 25.3 Å². The van der Waals surface area contributed by atoms with E-state index in [9.17, 15) is 13.6 Å². The summed E-state index contributed by atoms with van der Waals surface area (Å²) in [5, 5.41) is 6.74. The number of ether oxygens (including phenoxy) is 1. The van der Waals surface area contributed by atoms with Gasteiger partial charge in [0.2, 0.25) is 0 Å². The van der Waals surface area contributed by atoms with Gasteiger partial charge in [-0.25, -0.2) is 8.78 Å². The fraction of sp³-hybridized carbons (Fsp3) is 0.304. The summed E-state index contributed by atoms with van der Waals surface area (Å²) in [6.45, 7) is 3.74. The molecule has 1 saturated heterocycles. The summed E-state index contributed by atoms with van der Waals surface area (Å²) in [6.07, 6.45) is 1.60. The van der Waals surface area contributed by atoms with Crippen molar-refractivity contribution in [3.63, 3.8) is 0 Å². The molecule has 2 aromatic carbocycles. The van der Waals surface area contributed by atoms with Gasteiger partial charge in [-0.2, -0.15) is 0 Å². The summed E-state index contributed by atoms with van der Waals surface area (Å²) >= 11 is 0. The third kappa shape index (κ3) is 4.11. The molecular formula is C23H22F2N2O3. The second-order valence-electron chi connectivity index (χ2n) is 7.65. The van der Waals surface area contributed by atoms with Crippen molar-refractivity contribution in [2.45, 2.75) is 25.2 Å². The summed E-state index contributed by atoms with van der Waals surface area (Å²) in [7, 11) is 0. The maximum atomic E-state index is 13.5. The molecular weight excluding hydrogens is 390 g/mol. The molecule has 0 spiro atoms. The molecule has 0 aliphatic carbocycles. The molecule has 7 heteroatoms. The lowest BCUT2D eigenvalue weighted by Gasteiger charge is -2.38. The summed E-state index contributed by atoms with van der Waals surface area (Å²) in [5.41, 5.74) is 2.52. The largest absolute Gasteiger partial charge is 0.381 e. The first-order valence-electron chi connectivity index (χ1n) is 9.82. The summed E-state index contributed by atoms with van der Waals surface area (Å²) < 4.78 is 37.3. The van der Waals surface area contributed by atoms with Crippen LogP contribution in [0.3, 0.4) is 0 Å². The van der Waals surface area contributed by atoms with Crippen molar-refractivity contribution in [2.75, 3.05) is 19.8 Å². The van der Waals surface area contributed by atoms with Crippen LogP contribution in [0, 0.1) is 18.6 Å². The molecule has 1 aromatic heterocycles. The number of amides is 1. The van der Waals surface area contributed by atoms with Crippen molar-refractivity contribution in [1.82, 2.24) is 10.5 Å². The minimum absolute atomic E-state index is 0.0841. The molecule has 0 unspecified atom stereocenters. The number of nitrogens with zero attached hydrogens (tertiary/aromatic N) is 1. The lowest BCUT2D eigenvalue weighted by molar-refractivity contribution is 0.0486. The number of hydrogen-bond acceptors (Lipinski definition) is 4. The number of aryl methyl sites for hydroxylation is 1. The minimum Gasteiger partial charge on any atom is -0.381 e. The second kappa shape index (κ2) is 8.36. The zero-order chi connectivity index (χ0) is 21.1. The van der Waals surface area contributed by atoms with Gasteiger partial charge < -0.3 is 14.6 Å². The SMILES string of the molecule is Cc1ccc(C2(CNC(=O)c3cc(-c4ccc(F)c(F)c4)on3)CCOCC2)cc1. The second-order valence-corrected chi connectivity index (χ2v) is 7.65. The fourth-order valence-corrected chi connectivity index (χ4v) is 3.74. The molecule has 1 aliphatic heterocycles. The van der Waals surface area contributed by atoms with E-state index in [1.165, 1.54) is 23.3 Å². The smallest absolute Gasteiger partial charge is 0.273 e. The average Bonchev–Trinajstić information content (AvgIpc) is 3.25. The summed E-state index contributed by atoms with van der Waals surface area (Å²) in [5.74, 6) is -2.13. The lowest BCUT2D eigenvalue weighted by atomic mass is 9.74. The summed E-state index contributed by atoms with van der Waals surface area (Å²) in [4.78, 5) is 12.7. The van der Waals surface area contributed by atoms with Crippen LogP contribution in [-0.2, 0) is 10.2 Å². The highest BCUT2D eigenvalue weighted by atomic mass is 19.2. The number of halogens is 2. The van der Waals surface area contributed by atoms with Gasteiger partial charge in [-0.3, -0.25) is 4.79 Å². The van der Waals surface area contributed by atoms with Crippen molar-refractivity contribution in [3.05, 3.63) is 77.0 Å². The predicted octanol–water partition coefficient (Wildman–Crippen LogP) is 4.41. The molecule has 3 aromatic rings. The standard InChI is InChI=1S/C23H22F2N2O3/c1-15-2-5-17(6-3-15)23(8-10-29-11-9-23)14-26-22(28)20-13-21(30-27-20)16-4-7-18(24)19(25)12-16/h2-7,12-13H,8-11,14H2,1H3,(H,26,28). The lowest BCUT2D eigenvalue weighted by Crippen LogP contribution is -2.44. The highest BCUT2D eigenvalue weighted by molar-refractivity contribution is 5.93. The van der Waals surface area contributed by atoms with Crippen LogP contribution in [0.25, 0.3) is 11.3 Å². The number of hydrogen-bond donors (Lipinski definition) is 1. The quantitative estimate of drug-likeness (QED) is 0.674. The molecule has 2 heterocycles.